The first-order valence-electron chi connectivity index (χ1n) is 5.31. The second kappa shape index (κ2) is 3.49. The smallest absolute Gasteiger partial charge is 0.0515 e. The van der Waals surface area contributed by atoms with Crippen LogP contribution in [0.1, 0.15) is 32.3 Å². The predicted molar refractivity (Wildman–Crippen MR) is 61.7 cm³/mol. The van der Waals surface area contributed by atoms with Gasteiger partial charge in [-0.05, 0) is 29.9 Å². The van der Waals surface area contributed by atoms with Gasteiger partial charge in [-0.25, -0.2) is 0 Å². The minimum absolute atomic E-state index is 0.596. The molecular weight excluding hydrogens is 170 g/mol. The molecule has 0 aliphatic carbocycles. The van der Waals surface area contributed by atoms with E-state index >= 15 is 0 Å². The normalized spacial score (nSPS) is 11.4. The van der Waals surface area contributed by atoms with Crippen molar-refractivity contribution in [1.82, 2.24) is 4.57 Å². The maximum Gasteiger partial charge on any atom is 0.0515 e. The molecule has 0 saturated carbocycles. The van der Waals surface area contributed by atoms with Crippen LogP contribution in [0, 0.1) is 0 Å². The molecule has 1 heterocycles. The van der Waals surface area contributed by atoms with Gasteiger partial charge in [0.1, 0.15) is 0 Å². The molecule has 2 aromatic rings. The lowest BCUT2D eigenvalue weighted by Crippen LogP contribution is -1.96. The van der Waals surface area contributed by atoms with Crippen molar-refractivity contribution in [3.63, 3.8) is 0 Å². The number of hydrogen-bond donors (Lipinski definition) is 0. The van der Waals surface area contributed by atoms with Crippen LogP contribution in [0.2, 0.25) is 0 Å². The second-order valence-corrected chi connectivity index (χ2v) is 4.04. The van der Waals surface area contributed by atoms with Gasteiger partial charge in [-0.1, -0.05) is 32.0 Å². The van der Waals surface area contributed by atoms with Crippen molar-refractivity contribution in [3.8, 4) is 0 Å². The number of nitrogens with zero attached hydrogens (tertiary/aromatic N) is 1. The number of aromatic nitrogens is 1. The molecule has 14 heavy (non-hydrogen) atoms. The molecule has 74 valence electrons. The van der Waals surface area contributed by atoms with Crippen molar-refractivity contribution in [3.05, 3.63) is 36.0 Å². The molecule has 0 fully saturated rings. The number of fused-ring (bicyclic) bond motifs is 1. The van der Waals surface area contributed by atoms with Gasteiger partial charge in [0.05, 0.1) is 5.52 Å². The van der Waals surface area contributed by atoms with E-state index in [0.717, 1.165) is 6.54 Å². The van der Waals surface area contributed by atoms with Crippen LogP contribution in [-0.4, -0.2) is 4.57 Å². The third-order valence-corrected chi connectivity index (χ3v) is 2.78. The van der Waals surface area contributed by atoms with E-state index in [-0.39, 0.29) is 0 Å². The highest BCUT2D eigenvalue weighted by molar-refractivity contribution is 5.83. The third-order valence-electron chi connectivity index (χ3n) is 2.78. The predicted octanol–water partition coefficient (Wildman–Crippen LogP) is 3.78. The Kier molecular flexibility index (Phi) is 2.32. The zero-order valence-electron chi connectivity index (χ0n) is 9.12. The average molecular weight is 187 g/mol. The lowest BCUT2D eigenvalue weighted by Gasteiger charge is -2.10. The summed E-state index contributed by atoms with van der Waals surface area (Å²) in [5.41, 5.74) is 2.86. The van der Waals surface area contributed by atoms with Crippen LogP contribution >= 0.6 is 0 Å². The van der Waals surface area contributed by atoms with E-state index in [9.17, 15) is 0 Å². The lowest BCUT2D eigenvalue weighted by atomic mass is 10.0. The van der Waals surface area contributed by atoms with Gasteiger partial charge in [0, 0.05) is 12.7 Å². The molecule has 1 aromatic heterocycles. The van der Waals surface area contributed by atoms with E-state index in [4.69, 9.17) is 0 Å². The van der Waals surface area contributed by atoms with Crippen LogP contribution in [0.25, 0.3) is 10.9 Å². The molecule has 2 rings (SSSR count). The highest BCUT2D eigenvalue weighted by Crippen LogP contribution is 2.26. The summed E-state index contributed by atoms with van der Waals surface area (Å²) in [6, 6.07) is 8.77. The molecular formula is C13H17N. The van der Waals surface area contributed by atoms with Crippen molar-refractivity contribution in [2.45, 2.75) is 33.2 Å². The second-order valence-electron chi connectivity index (χ2n) is 4.04. The van der Waals surface area contributed by atoms with Crippen molar-refractivity contribution >= 4 is 10.9 Å². The fraction of sp³-hybridized carbons (Fsp3) is 0.385. The van der Waals surface area contributed by atoms with E-state index in [2.05, 4.69) is 55.8 Å². The van der Waals surface area contributed by atoms with Gasteiger partial charge < -0.3 is 4.57 Å². The van der Waals surface area contributed by atoms with Gasteiger partial charge in [-0.3, -0.25) is 0 Å². The zero-order valence-corrected chi connectivity index (χ0v) is 9.12. The van der Waals surface area contributed by atoms with E-state index in [1.165, 1.54) is 16.5 Å². The number of hydrogen-bond acceptors (Lipinski definition) is 0. The van der Waals surface area contributed by atoms with Crippen LogP contribution in [0.3, 0.4) is 0 Å². The summed E-state index contributed by atoms with van der Waals surface area (Å²) in [4.78, 5) is 0. The summed E-state index contributed by atoms with van der Waals surface area (Å²) in [6.07, 6.45) is 2.18. The van der Waals surface area contributed by atoms with Crippen molar-refractivity contribution < 1.29 is 0 Å². The lowest BCUT2D eigenvalue weighted by molar-refractivity contribution is 0.781. The maximum atomic E-state index is 2.32. The average Bonchev–Trinajstić information content (AvgIpc) is 2.59. The highest BCUT2D eigenvalue weighted by atomic mass is 14.9. The number of rotatable bonds is 2. The fourth-order valence-electron chi connectivity index (χ4n) is 2.02. The first-order chi connectivity index (χ1) is 6.74. The molecule has 1 heteroatoms. The van der Waals surface area contributed by atoms with Crippen LogP contribution in [0.4, 0.5) is 0 Å². The van der Waals surface area contributed by atoms with Crippen LogP contribution in [0.5, 0.6) is 0 Å². The Balaban J connectivity index is 2.75. The summed E-state index contributed by atoms with van der Waals surface area (Å²) in [6.45, 7) is 7.74. The minimum Gasteiger partial charge on any atom is -0.348 e. The van der Waals surface area contributed by atoms with Gasteiger partial charge in [0.25, 0.3) is 0 Å². The van der Waals surface area contributed by atoms with Crippen molar-refractivity contribution in [2.24, 2.45) is 0 Å². The Morgan fingerprint density at radius 3 is 2.64 bits per heavy atom. The Morgan fingerprint density at radius 1 is 1.21 bits per heavy atom. The first kappa shape index (κ1) is 9.32. The molecule has 1 aromatic carbocycles. The van der Waals surface area contributed by atoms with Crippen LogP contribution < -0.4 is 0 Å². The largest absolute Gasteiger partial charge is 0.348 e. The molecule has 1 nitrogen and oxygen atoms in total. The third kappa shape index (κ3) is 1.33. The Labute approximate surface area is 85.4 Å². The number of aryl methyl sites for hydroxylation is 1. The van der Waals surface area contributed by atoms with E-state index in [0.29, 0.717) is 5.92 Å². The summed E-state index contributed by atoms with van der Waals surface area (Å²) in [7, 11) is 0. The topological polar surface area (TPSA) is 4.93 Å². The standard InChI is InChI=1S/C13H17N/c1-4-14-9-8-11-6-5-7-12(10(2)3)13(11)14/h5-10H,4H2,1-3H3. The summed E-state index contributed by atoms with van der Waals surface area (Å²) >= 11 is 0. The summed E-state index contributed by atoms with van der Waals surface area (Å²) < 4.78 is 2.32. The molecule has 0 aliphatic rings. The molecule has 0 atom stereocenters. The molecule has 0 amide bonds. The SMILES string of the molecule is CCn1ccc2cccc(C(C)C)c21. The van der Waals surface area contributed by atoms with Crippen LogP contribution in [-0.2, 0) is 6.54 Å². The molecule has 0 radical (unpaired) electrons. The summed E-state index contributed by atoms with van der Waals surface area (Å²) in [5.74, 6) is 0.596. The first-order valence-corrected chi connectivity index (χ1v) is 5.31. The minimum atomic E-state index is 0.596. The number of para-hydroxylation sites is 1. The summed E-state index contributed by atoms with van der Waals surface area (Å²) in [5, 5.41) is 1.36. The monoisotopic (exact) mass is 187 g/mol. The quantitative estimate of drug-likeness (QED) is 0.674. The maximum absolute atomic E-state index is 2.32. The zero-order chi connectivity index (χ0) is 10.1. The molecule has 0 saturated heterocycles. The Hall–Kier alpha value is -1.24. The van der Waals surface area contributed by atoms with E-state index in [1.54, 1.807) is 0 Å². The van der Waals surface area contributed by atoms with Crippen molar-refractivity contribution in [2.75, 3.05) is 0 Å². The fourth-order valence-corrected chi connectivity index (χ4v) is 2.02. The van der Waals surface area contributed by atoms with Gasteiger partial charge in [-0.2, -0.15) is 0 Å². The van der Waals surface area contributed by atoms with E-state index in [1.807, 2.05) is 0 Å². The van der Waals surface area contributed by atoms with Gasteiger partial charge in [-0.15, -0.1) is 0 Å². The Morgan fingerprint density at radius 2 is 2.00 bits per heavy atom. The van der Waals surface area contributed by atoms with Gasteiger partial charge >= 0.3 is 0 Å². The highest BCUT2D eigenvalue weighted by Gasteiger charge is 2.07. The van der Waals surface area contributed by atoms with Crippen LogP contribution in [0.15, 0.2) is 30.5 Å². The molecule has 0 N–H and O–H groups in total. The molecule has 0 unspecified atom stereocenters. The number of benzene rings is 1. The van der Waals surface area contributed by atoms with Gasteiger partial charge in [0.2, 0.25) is 0 Å². The van der Waals surface area contributed by atoms with E-state index < -0.39 is 0 Å². The molecule has 0 aliphatic heterocycles. The molecule has 0 spiro atoms. The van der Waals surface area contributed by atoms with Crippen molar-refractivity contribution in [1.29, 1.82) is 0 Å². The Bertz CT molecular complexity index is 437. The van der Waals surface area contributed by atoms with Gasteiger partial charge in [0.15, 0.2) is 0 Å². The molecule has 0 bridgehead atoms.